The fourth-order valence-corrected chi connectivity index (χ4v) is 11.8. The summed E-state index contributed by atoms with van der Waals surface area (Å²) in [5, 5.41) is 0. The van der Waals surface area contributed by atoms with Crippen molar-refractivity contribution < 1.29 is 22.7 Å². The first-order valence-electron chi connectivity index (χ1n) is 19.4. The molecule has 0 bridgehead atoms. The number of hydrogen-bond donors (Lipinski definition) is 0. The summed E-state index contributed by atoms with van der Waals surface area (Å²) in [6, 6.07) is 19.0. The summed E-state index contributed by atoms with van der Waals surface area (Å²) in [7, 11) is -4.34. The molecule has 0 N–H and O–H groups in total. The van der Waals surface area contributed by atoms with Gasteiger partial charge in [0.25, 0.3) is 0 Å². The molecule has 2 aromatic rings. The van der Waals surface area contributed by atoms with Crippen LogP contribution in [-0.4, -0.2) is 80.2 Å². The summed E-state index contributed by atoms with van der Waals surface area (Å²) in [5.74, 6) is 1.67. The molecule has 0 saturated heterocycles. The van der Waals surface area contributed by atoms with E-state index in [0.717, 1.165) is 22.6 Å². The first-order chi connectivity index (χ1) is 24.3. The molecule has 9 nitrogen and oxygen atoms in total. The molecule has 0 radical (unpaired) electrons. The van der Waals surface area contributed by atoms with E-state index in [2.05, 4.69) is 154 Å². The number of rotatable bonds is 24. The van der Waals surface area contributed by atoms with Gasteiger partial charge in [0.05, 0.1) is 0 Å². The second-order valence-electron chi connectivity index (χ2n) is 15.6. The minimum Gasteiger partial charge on any atom is -0.444 e. The van der Waals surface area contributed by atoms with Crippen molar-refractivity contribution in [2.24, 2.45) is 0 Å². The number of nitrogens with zero attached hydrogens (tertiary/aromatic N) is 4. The number of hydrogen-bond acceptors (Lipinski definition) is 9. The molecule has 296 valence electrons. The SMILES string of the molecule is CC(C)N(C(C)C)P(Oc1cccc(CCO[P+](=O)OCCc2cccc(OP(N(C(C)C)C(C)C)N(C(C)C)C(C)C)c2)c1)N(C(C)C)C(C)C. The topological polar surface area (TPSA) is 67.0 Å². The normalized spacial score (nSPS) is 12.9. The van der Waals surface area contributed by atoms with Gasteiger partial charge >= 0.3 is 8.25 Å². The van der Waals surface area contributed by atoms with Crippen molar-refractivity contribution in [3.63, 3.8) is 0 Å². The lowest BCUT2D eigenvalue weighted by molar-refractivity contribution is 0.224. The van der Waals surface area contributed by atoms with Gasteiger partial charge in [-0.15, -0.1) is 9.05 Å². The molecule has 0 amide bonds. The van der Waals surface area contributed by atoms with Gasteiger partial charge in [0.1, 0.15) is 24.7 Å². The Morgan fingerprint density at radius 1 is 0.481 bits per heavy atom. The monoisotopic (exact) mass is 781 g/mol. The molecular weight excluding hydrogens is 709 g/mol. The minimum absolute atomic E-state index is 0.291. The molecule has 0 aromatic heterocycles. The van der Waals surface area contributed by atoms with Crippen molar-refractivity contribution in [1.29, 1.82) is 0 Å². The third-order valence-corrected chi connectivity index (χ3v) is 15.2. The zero-order valence-electron chi connectivity index (χ0n) is 35.2. The maximum atomic E-state index is 12.7. The molecule has 0 aliphatic heterocycles. The van der Waals surface area contributed by atoms with Gasteiger partial charge in [-0.05, 0) is 146 Å². The summed E-state index contributed by atoms with van der Waals surface area (Å²) < 4.78 is 47.5. The van der Waals surface area contributed by atoms with Crippen molar-refractivity contribution in [2.45, 2.75) is 172 Å². The summed E-state index contributed by atoms with van der Waals surface area (Å²) in [5.41, 5.74) is 2.13. The van der Waals surface area contributed by atoms with Gasteiger partial charge in [-0.3, -0.25) is 0 Å². The zero-order valence-corrected chi connectivity index (χ0v) is 37.9. The van der Waals surface area contributed by atoms with E-state index < -0.39 is 25.2 Å². The van der Waals surface area contributed by atoms with Crippen LogP contribution in [0.15, 0.2) is 48.5 Å². The lowest BCUT2D eigenvalue weighted by Gasteiger charge is -2.45. The van der Waals surface area contributed by atoms with Gasteiger partial charge in [-0.1, -0.05) is 24.3 Å². The molecule has 0 aliphatic carbocycles. The predicted molar refractivity (Wildman–Crippen MR) is 223 cm³/mol. The van der Waals surface area contributed by atoms with Crippen LogP contribution >= 0.6 is 25.2 Å². The highest BCUT2D eigenvalue weighted by atomic mass is 31.2. The van der Waals surface area contributed by atoms with Crippen LogP contribution in [0.2, 0.25) is 0 Å². The Morgan fingerprint density at radius 2 is 0.750 bits per heavy atom. The Kier molecular flexibility index (Phi) is 20.7. The van der Waals surface area contributed by atoms with Crippen molar-refractivity contribution in [1.82, 2.24) is 18.7 Å². The predicted octanol–water partition coefficient (Wildman–Crippen LogP) is 11.8. The summed E-state index contributed by atoms with van der Waals surface area (Å²) >= 11 is 0. The van der Waals surface area contributed by atoms with Crippen LogP contribution in [0.5, 0.6) is 11.5 Å². The second-order valence-corrected chi connectivity index (χ2v) is 19.8. The fourth-order valence-electron chi connectivity index (χ4n) is 6.61. The Morgan fingerprint density at radius 3 is 1.00 bits per heavy atom. The van der Waals surface area contributed by atoms with Gasteiger partial charge < -0.3 is 9.05 Å². The Bertz CT molecular complexity index is 1160. The van der Waals surface area contributed by atoms with E-state index in [1.807, 2.05) is 24.3 Å². The molecule has 0 atom stereocenters. The summed E-state index contributed by atoms with van der Waals surface area (Å²) in [6.45, 7) is 36.3. The lowest BCUT2D eigenvalue weighted by Crippen LogP contribution is -2.44. The van der Waals surface area contributed by atoms with Crippen LogP contribution in [0, 0.1) is 0 Å². The van der Waals surface area contributed by atoms with Gasteiger partial charge in [-0.25, -0.2) is 18.7 Å². The van der Waals surface area contributed by atoms with Crippen LogP contribution in [-0.2, 0) is 26.5 Å². The van der Waals surface area contributed by atoms with Crippen LogP contribution in [0.25, 0.3) is 0 Å². The first-order valence-corrected chi connectivity index (χ1v) is 22.8. The van der Waals surface area contributed by atoms with Crippen LogP contribution in [0.3, 0.4) is 0 Å². The highest BCUT2D eigenvalue weighted by Gasteiger charge is 2.37. The molecule has 0 spiro atoms. The Balaban J connectivity index is 2.02. The Hall–Kier alpha value is -1.24. The minimum atomic E-state index is -2.24. The molecular formula is C40H72N4O5P3+. The van der Waals surface area contributed by atoms with Crippen molar-refractivity contribution in [2.75, 3.05) is 13.2 Å². The third-order valence-electron chi connectivity index (χ3n) is 8.37. The van der Waals surface area contributed by atoms with Gasteiger partial charge in [0.2, 0.25) is 16.9 Å². The summed E-state index contributed by atoms with van der Waals surface area (Å²) in [6.07, 6.45) is 1.21. The van der Waals surface area contributed by atoms with Crippen molar-refractivity contribution >= 4 is 25.2 Å². The smallest absolute Gasteiger partial charge is 0.444 e. The van der Waals surface area contributed by atoms with Crippen LogP contribution in [0.4, 0.5) is 0 Å². The standard InChI is InChI=1S/C40H72N4O5P3/c1-29(2)41(30(3)4)50(42(31(5)6)32(7)8)48-39-21-17-19-37(27-39)23-25-46-52(45)47-26-24-38-20-18-22-40(28-38)49-51(43(33(9)10)34(11)12)44(35(13)14)36(15)16/h17-22,27-36H,23-26H2,1-16H3/q+1. The molecule has 52 heavy (non-hydrogen) atoms. The van der Waals surface area contributed by atoms with E-state index in [9.17, 15) is 4.57 Å². The molecule has 0 aliphatic rings. The highest BCUT2D eigenvalue weighted by molar-refractivity contribution is 7.48. The second kappa shape index (κ2) is 23.0. The molecule has 0 unspecified atom stereocenters. The largest absolute Gasteiger partial charge is 0.697 e. The summed E-state index contributed by atoms with van der Waals surface area (Å²) in [4.78, 5) is 0. The Labute approximate surface area is 321 Å². The van der Waals surface area contributed by atoms with E-state index in [1.165, 1.54) is 0 Å². The van der Waals surface area contributed by atoms with Crippen molar-refractivity contribution in [3.8, 4) is 11.5 Å². The van der Waals surface area contributed by atoms with Crippen LogP contribution < -0.4 is 9.05 Å². The van der Waals surface area contributed by atoms with Crippen molar-refractivity contribution in [3.05, 3.63) is 59.7 Å². The lowest BCUT2D eigenvalue weighted by atomic mass is 10.1. The number of benzene rings is 2. The van der Waals surface area contributed by atoms with Gasteiger partial charge in [0.15, 0.2) is 0 Å². The average Bonchev–Trinajstić information content (AvgIpc) is 3.00. The van der Waals surface area contributed by atoms with Gasteiger partial charge in [-0.2, -0.15) is 0 Å². The maximum absolute atomic E-state index is 12.7. The molecule has 2 rings (SSSR count). The van der Waals surface area contributed by atoms with E-state index in [1.54, 1.807) is 0 Å². The average molecular weight is 782 g/mol. The molecule has 12 heteroatoms. The maximum Gasteiger partial charge on any atom is 0.697 e. The molecule has 0 fully saturated rings. The highest BCUT2D eigenvalue weighted by Crippen LogP contribution is 2.52. The zero-order chi connectivity index (χ0) is 39.3. The van der Waals surface area contributed by atoms with Crippen LogP contribution in [0.1, 0.15) is 122 Å². The quantitative estimate of drug-likeness (QED) is 0.0969. The fraction of sp³-hybridized carbons (Fsp3) is 0.700. The van der Waals surface area contributed by atoms with E-state index in [4.69, 9.17) is 18.1 Å². The van der Waals surface area contributed by atoms with E-state index in [-0.39, 0.29) is 0 Å². The van der Waals surface area contributed by atoms with E-state index in [0.29, 0.717) is 74.4 Å². The first kappa shape index (κ1) is 46.9. The van der Waals surface area contributed by atoms with E-state index >= 15 is 0 Å². The molecule has 0 saturated carbocycles. The third kappa shape index (κ3) is 14.8. The molecule has 0 heterocycles. The molecule has 2 aromatic carbocycles. The van der Waals surface area contributed by atoms with Gasteiger partial charge in [0, 0.05) is 65.7 Å².